The highest BCUT2D eigenvalue weighted by Gasteiger charge is 2.20. The summed E-state index contributed by atoms with van der Waals surface area (Å²) in [6.45, 7) is 10.3. The highest BCUT2D eigenvalue weighted by molar-refractivity contribution is 5.68. The van der Waals surface area contributed by atoms with Crippen molar-refractivity contribution in [3.8, 4) is 0 Å². The molecule has 1 unspecified atom stereocenters. The lowest BCUT2D eigenvalue weighted by Gasteiger charge is -2.26. The first kappa shape index (κ1) is 9.26. The van der Waals surface area contributed by atoms with E-state index >= 15 is 0 Å². The monoisotopic (exact) mass is 184 g/mol. The molecule has 0 fully saturated rings. The zero-order valence-electron chi connectivity index (χ0n) is 8.72. The SMILES string of the molecule is C=C1CC(C(=C)C)Cc2ccccc21. The molecule has 2 rings (SSSR count). The van der Waals surface area contributed by atoms with Gasteiger partial charge in [-0.05, 0) is 42.4 Å². The van der Waals surface area contributed by atoms with Crippen LogP contribution in [0.15, 0.2) is 43.0 Å². The number of rotatable bonds is 1. The van der Waals surface area contributed by atoms with Crippen molar-refractivity contribution in [2.75, 3.05) is 0 Å². The summed E-state index contributed by atoms with van der Waals surface area (Å²) >= 11 is 0. The van der Waals surface area contributed by atoms with Gasteiger partial charge in [-0.1, -0.05) is 43.0 Å². The second-order valence-electron chi connectivity index (χ2n) is 4.21. The molecular formula is C14H16. The zero-order valence-corrected chi connectivity index (χ0v) is 8.72. The molecule has 14 heavy (non-hydrogen) atoms. The van der Waals surface area contributed by atoms with E-state index in [1.807, 2.05) is 0 Å². The van der Waals surface area contributed by atoms with Crippen molar-refractivity contribution in [2.45, 2.75) is 19.8 Å². The Morgan fingerprint density at radius 2 is 2.00 bits per heavy atom. The third kappa shape index (κ3) is 1.52. The van der Waals surface area contributed by atoms with Crippen molar-refractivity contribution < 1.29 is 0 Å². The van der Waals surface area contributed by atoms with Gasteiger partial charge in [-0.2, -0.15) is 0 Å². The first-order chi connectivity index (χ1) is 6.68. The predicted molar refractivity (Wildman–Crippen MR) is 62.1 cm³/mol. The lowest BCUT2D eigenvalue weighted by atomic mass is 9.78. The Balaban J connectivity index is 2.38. The van der Waals surface area contributed by atoms with Crippen LogP contribution in [0.2, 0.25) is 0 Å². The second-order valence-corrected chi connectivity index (χ2v) is 4.21. The fraction of sp³-hybridized carbons (Fsp3) is 0.286. The maximum atomic E-state index is 4.15. The Kier molecular flexibility index (Phi) is 2.28. The molecule has 0 aliphatic heterocycles. The summed E-state index contributed by atoms with van der Waals surface area (Å²) in [5.41, 5.74) is 5.32. The number of benzene rings is 1. The van der Waals surface area contributed by atoms with Gasteiger partial charge >= 0.3 is 0 Å². The maximum absolute atomic E-state index is 4.15. The Morgan fingerprint density at radius 3 is 2.71 bits per heavy atom. The number of allylic oxidation sites excluding steroid dienone is 2. The van der Waals surface area contributed by atoms with Crippen molar-refractivity contribution in [2.24, 2.45) is 5.92 Å². The smallest absolute Gasteiger partial charge is 0.0128 e. The molecule has 0 heteroatoms. The average molecular weight is 184 g/mol. The quantitative estimate of drug-likeness (QED) is 0.582. The zero-order chi connectivity index (χ0) is 10.1. The van der Waals surface area contributed by atoms with Gasteiger partial charge in [0.15, 0.2) is 0 Å². The van der Waals surface area contributed by atoms with E-state index in [1.54, 1.807) is 0 Å². The van der Waals surface area contributed by atoms with E-state index in [2.05, 4.69) is 44.3 Å². The lowest BCUT2D eigenvalue weighted by molar-refractivity contribution is 0.613. The van der Waals surface area contributed by atoms with Crippen LogP contribution in [0.25, 0.3) is 5.57 Å². The van der Waals surface area contributed by atoms with Crippen molar-refractivity contribution >= 4 is 5.57 Å². The van der Waals surface area contributed by atoms with Crippen LogP contribution >= 0.6 is 0 Å². The molecule has 0 bridgehead atoms. The van der Waals surface area contributed by atoms with Gasteiger partial charge in [-0.15, -0.1) is 0 Å². The van der Waals surface area contributed by atoms with Gasteiger partial charge in [-0.25, -0.2) is 0 Å². The maximum Gasteiger partial charge on any atom is -0.0128 e. The summed E-state index contributed by atoms with van der Waals surface area (Å²) in [6.07, 6.45) is 2.21. The van der Waals surface area contributed by atoms with Crippen molar-refractivity contribution in [1.82, 2.24) is 0 Å². The third-order valence-electron chi connectivity index (χ3n) is 3.05. The van der Waals surface area contributed by atoms with Gasteiger partial charge in [0, 0.05) is 0 Å². The van der Waals surface area contributed by atoms with Gasteiger partial charge in [0.1, 0.15) is 0 Å². The van der Waals surface area contributed by atoms with Gasteiger partial charge in [0.05, 0.1) is 0 Å². The molecule has 1 aromatic rings. The fourth-order valence-corrected chi connectivity index (χ4v) is 2.14. The van der Waals surface area contributed by atoms with Crippen LogP contribution in [0.3, 0.4) is 0 Å². The standard InChI is InChI=1S/C14H16/c1-10(2)13-8-11(3)14-7-5-4-6-12(14)9-13/h4-7,13H,1,3,8-9H2,2H3. The van der Waals surface area contributed by atoms with E-state index in [4.69, 9.17) is 0 Å². The van der Waals surface area contributed by atoms with Crippen molar-refractivity contribution in [1.29, 1.82) is 0 Å². The highest BCUT2D eigenvalue weighted by atomic mass is 14.2. The molecule has 0 aromatic heterocycles. The summed E-state index contributed by atoms with van der Waals surface area (Å²) in [6, 6.07) is 8.57. The summed E-state index contributed by atoms with van der Waals surface area (Å²) in [4.78, 5) is 0. The normalized spacial score (nSPS) is 20.4. The van der Waals surface area contributed by atoms with Crippen LogP contribution in [0.4, 0.5) is 0 Å². The molecule has 0 spiro atoms. The average Bonchev–Trinajstić information content (AvgIpc) is 2.17. The topological polar surface area (TPSA) is 0 Å². The minimum Gasteiger partial charge on any atom is -0.0998 e. The first-order valence-electron chi connectivity index (χ1n) is 5.10. The molecule has 72 valence electrons. The van der Waals surface area contributed by atoms with E-state index in [0.29, 0.717) is 5.92 Å². The highest BCUT2D eigenvalue weighted by Crippen LogP contribution is 2.35. The summed E-state index contributed by atoms with van der Waals surface area (Å²) in [5, 5.41) is 0. The molecule has 1 aliphatic rings. The minimum atomic E-state index is 0.595. The molecule has 1 atom stereocenters. The Labute approximate surface area is 86.0 Å². The molecule has 0 N–H and O–H groups in total. The molecule has 1 aromatic carbocycles. The first-order valence-corrected chi connectivity index (χ1v) is 5.10. The van der Waals surface area contributed by atoms with Crippen LogP contribution < -0.4 is 0 Å². The molecule has 0 nitrogen and oxygen atoms in total. The molecule has 0 radical (unpaired) electrons. The third-order valence-corrected chi connectivity index (χ3v) is 3.05. The van der Waals surface area contributed by atoms with Crippen LogP contribution in [0.1, 0.15) is 24.5 Å². The number of fused-ring (bicyclic) bond motifs is 1. The largest absolute Gasteiger partial charge is 0.0998 e. The second kappa shape index (κ2) is 3.45. The molecular weight excluding hydrogens is 168 g/mol. The Hall–Kier alpha value is -1.30. The number of hydrogen-bond donors (Lipinski definition) is 0. The number of hydrogen-bond acceptors (Lipinski definition) is 0. The van der Waals surface area contributed by atoms with E-state index < -0.39 is 0 Å². The van der Waals surface area contributed by atoms with E-state index in [1.165, 1.54) is 22.3 Å². The lowest BCUT2D eigenvalue weighted by Crippen LogP contribution is -2.13. The van der Waals surface area contributed by atoms with Gasteiger partial charge in [0.2, 0.25) is 0 Å². The van der Waals surface area contributed by atoms with Gasteiger partial charge in [-0.3, -0.25) is 0 Å². The van der Waals surface area contributed by atoms with E-state index in [-0.39, 0.29) is 0 Å². The summed E-state index contributed by atoms with van der Waals surface area (Å²) < 4.78 is 0. The Bertz CT molecular complexity index is 385. The van der Waals surface area contributed by atoms with Gasteiger partial charge in [0.25, 0.3) is 0 Å². The molecule has 0 heterocycles. The van der Waals surface area contributed by atoms with Crippen molar-refractivity contribution in [3.63, 3.8) is 0 Å². The van der Waals surface area contributed by atoms with Crippen LogP contribution in [-0.4, -0.2) is 0 Å². The van der Waals surface area contributed by atoms with Gasteiger partial charge < -0.3 is 0 Å². The van der Waals surface area contributed by atoms with E-state index in [0.717, 1.165) is 12.8 Å². The molecule has 1 aliphatic carbocycles. The van der Waals surface area contributed by atoms with E-state index in [9.17, 15) is 0 Å². The van der Waals surface area contributed by atoms with Crippen molar-refractivity contribution in [3.05, 3.63) is 54.1 Å². The predicted octanol–water partition coefficient (Wildman–Crippen LogP) is 3.84. The minimum absolute atomic E-state index is 0.595. The Morgan fingerprint density at radius 1 is 1.29 bits per heavy atom. The molecule has 0 saturated carbocycles. The van der Waals surface area contributed by atoms with Crippen LogP contribution in [0, 0.1) is 5.92 Å². The van der Waals surface area contributed by atoms with Crippen LogP contribution in [-0.2, 0) is 6.42 Å². The molecule has 0 amide bonds. The summed E-state index contributed by atoms with van der Waals surface area (Å²) in [5.74, 6) is 0.595. The van der Waals surface area contributed by atoms with Crippen LogP contribution in [0.5, 0.6) is 0 Å². The fourth-order valence-electron chi connectivity index (χ4n) is 2.14. The molecule has 0 saturated heterocycles. The summed E-state index contributed by atoms with van der Waals surface area (Å²) in [7, 11) is 0.